The van der Waals surface area contributed by atoms with Crippen LogP contribution in [0.3, 0.4) is 0 Å². The van der Waals surface area contributed by atoms with Crippen LogP contribution in [0.25, 0.3) is 0 Å². The van der Waals surface area contributed by atoms with Gasteiger partial charge in [-0.3, -0.25) is 4.79 Å². The standard InChI is InChI=1S/C11H15N5OS/c1-7-3-9(18-8(7)2)4-13-10(17)5-16-6-14-11(12)15-16/h3,6H,4-5H2,1-2H3,(H2,12,15)(H,13,17). The maximum absolute atomic E-state index is 11.7. The largest absolute Gasteiger partial charge is 0.367 e. The highest BCUT2D eigenvalue weighted by Crippen LogP contribution is 2.20. The van der Waals surface area contributed by atoms with E-state index in [1.165, 1.54) is 21.4 Å². The van der Waals surface area contributed by atoms with E-state index in [9.17, 15) is 4.79 Å². The molecule has 18 heavy (non-hydrogen) atoms. The molecule has 0 spiro atoms. The number of carbonyl (C=O) groups is 1. The van der Waals surface area contributed by atoms with Crippen LogP contribution in [-0.4, -0.2) is 20.7 Å². The van der Waals surface area contributed by atoms with Gasteiger partial charge in [0.05, 0.1) is 6.54 Å². The molecule has 0 radical (unpaired) electrons. The molecule has 2 heterocycles. The smallest absolute Gasteiger partial charge is 0.242 e. The molecule has 0 atom stereocenters. The van der Waals surface area contributed by atoms with Crippen LogP contribution in [-0.2, 0) is 17.9 Å². The predicted octanol–water partition coefficient (Wildman–Crippen LogP) is 0.855. The Balaban J connectivity index is 1.85. The van der Waals surface area contributed by atoms with Crippen LogP contribution < -0.4 is 11.1 Å². The third-order valence-electron chi connectivity index (χ3n) is 2.54. The lowest BCUT2D eigenvalue weighted by Crippen LogP contribution is -2.27. The Labute approximate surface area is 109 Å². The van der Waals surface area contributed by atoms with E-state index >= 15 is 0 Å². The van der Waals surface area contributed by atoms with Crippen molar-refractivity contribution < 1.29 is 4.79 Å². The number of amides is 1. The van der Waals surface area contributed by atoms with Gasteiger partial charge in [0.25, 0.3) is 0 Å². The van der Waals surface area contributed by atoms with E-state index < -0.39 is 0 Å². The second kappa shape index (κ2) is 5.18. The summed E-state index contributed by atoms with van der Waals surface area (Å²) < 4.78 is 1.41. The number of hydrogen-bond donors (Lipinski definition) is 2. The molecule has 0 aliphatic rings. The Bertz CT molecular complexity index is 540. The third kappa shape index (κ3) is 3.07. The van der Waals surface area contributed by atoms with Gasteiger partial charge in [-0.25, -0.2) is 9.67 Å². The predicted molar refractivity (Wildman–Crippen MR) is 70.1 cm³/mol. The van der Waals surface area contributed by atoms with Crippen LogP contribution in [0, 0.1) is 13.8 Å². The van der Waals surface area contributed by atoms with Crippen LogP contribution in [0.2, 0.25) is 0 Å². The maximum Gasteiger partial charge on any atom is 0.242 e. The molecule has 2 rings (SSSR count). The van der Waals surface area contributed by atoms with Gasteiger partial charge in [0.15, 0.2) is 0 Å². The van der Waals surface area contributed by atoms with Gasteiger partial charge in [0.1, 0.15) is 12.9 Å². The zero-order chi connectivity index (χ0) is 13.1. The molecule has 6 nitrogen and oxygen atoms in total. The number of anilines is 1. The first-order chi connectivity index (χ1) is 8.54. The molecular weight excluding hydrogens is 250 g/mol. The fourth-order valence-electron chi connectivity index (χ4n) is 1.51. The number of thiophene rings is 1. The van der Waals surface area contributed by atoms with Gasteiger partial charge in [0.2, 0.25) is 11.9 Å². The number of nitrogens with two attached hydrogens (primary N) is 1. The molecule has 1 amide bonds. The van der Waals surface area contributed by atoms with Gasteiger partial charge in [-0.15, -0.1) is 16.4 Å². The first-order valence-corrected chi connectivity index (χ1v) is 6.34. The van der Waals surface area contributed by atoms with Crippen molar-refractivity contribution in [3.63, 3.8) is 0 Å². The first kappa shape index (κ1) is 12.6. The Morgan fingerprint density at radius 2 is 2.33 bits per heavy atom. The number of rotatable bonds is 4. The quantitative estimate of drug-likeness (QED) is 0.858. The SMILES string of the molecule is Cc1cc(CNC(=O)Cn2cnc(N)n2)sc1C. The molecule has 2 aromatic heterocycles. The highest BCUT2D eigenvalue weighted by Gasteiger charge is 2.06. The number of aromatic nitrogens is 3. The Kier molecular flexibility index (Phi) is 3.61. The molecule has 0 fully saturated rings. The Morgan fingerprint density at radius 3 is 2.89 bits per heavy atom. The number of aryl methyl sites for hydroxylation is 2. The minimum absolute atomic E-state index is 0.108. The minimum atomic E-state index is -0.108. The van der Waals surface area contributed by atoms with Gasteiger partial charge in [-0.2, -0.15) is 0 Å². The second-order valence-corrected chi connectivity index (χ2v) is 5.37. The molecule has 96 valence electrons. The summed E-state index contributed by atoms with van der Waals surface area (Å²) in [7, 11) is 0. The molecule has 0 unspecified atom stereocenters. The molecule has 0 aliphatic carbocycles. The van der Waals surface area contributed by atoms with Crippen LogP contribution in [0.15, 0.2) is 12.4 Å². The van der Waals surface area contributed by atoms with Gasteiger partial charge < -0.3 is 11.1 Å². The monoisotopic (exact) mass is 265 g/mol. The topological polar surface area (TPSA) is 85.8 Å². The molecule has 0 bridgehead atoms. The Morgan fingerprint density at radius 1 is 1.56 bits per heavy atom. The van der Waals surface area contributed by atoms with Crippen molar-refractivity contribution >= 4 is 23.2 Å². The van der Waals surface area contributed by atoms with Crippen molar-refractivity contribution in [2.45, 2.75) is 26.9 Å². The normalized spacial score (nSPS) is 10.6. The van der Waals surface area contributed by atoms with Gasteiger partial charge in [0, 0.05) is 9.75 Å². The van der Waals surface area contributed by atoms with E-state index in [0.29, 0.717) is 6.54 Å². The number of carbonyl (C=O) groups excluding carboxylic acids is 1. The summed E-state index contributed by atoms with van der Waals surface area (Å²) in [5.74, 6) is 0.0657. The van der Waals surface area contributed by atoms with Crippen LogP contribution in [0.5, 0.6) is 0 Å². The second-order valence-electron chi connectivity index (χ2n) is 4.03. The van der Waals surface area contributed by atoms with Gasteiger partial charge in [-0.05, 0) is 25.5 Å². The van der Waals surface area contributed by atoms with Gasteiger partial charge in [-0.1, -0.05) is 0 Å². The maximum atomic E-state index is 11.7. The summed E-state index contributed by atoms with van der Waals surface area (Å²) in [5.41, 5.74) is 6.62. The van der Waals surface area contributed by atoms with Gasteiger partial charge >= 0.3 is 0 Å². The molecule has 7 heteroatoms. The fourth-order valence-corrected chi connectivity index (χ4v) is 2.50. The Hall–Kier alpha value is -1.89. The van der Waals surface area contributed by atoms with E-state index in [1.54, 1.807) is 11.3 Å². The zero-order valence-electron chi connectivity index (χ0n) is 10.3. The van der Waals surface area contributed by atoms with Crippen LogP contribution in [0.1, 0.15) is 15.3 Å². The fraction of sp³-hybridized carbons (Fsp3) is 0.364. The van der Waals surface area contributed by atoms with E-state index in [0.717, 1.165) is 4.88 Å². The summed E-state index contributed by atoms with van der Waals surface area (Å²) in [6.45, 7) is 4.81. The van der Waals surface area contributed by atoms with E-state index in [2.05, 4.69) is 35.3 Å². The molecular formula is C11H15N5OS. The summed E-state index contributed by atoms with van der Waals surface area (Å²) in [4.78, 5) is 17.8. The lowest BCUT2D eigenvalue weighted by atomic mass is 10.3. The highest BCUT2D eigenvalue weighted by molar-refractivity contribution is 7.12. The number of nitrogen functional groups attached to an aromatic ring is 1. The summed E-state index contributed by atoms with van der Waals surface area (Å²) >= 11 is 1.70. The van der Waals surface area contributed by atoms with E-state index in [1.807, 2.05) is 0 Å². The van der Waals surface area contributed by atoms with Crippen LogP contribution in [0.4, 0.5) is 5.95 Å². The lowest BCUT2D eigenvalue weighted by Gasteiger charge is -2.02. The summed E-state index contributed by atoms with van der Waals surface area (Å²) in [5, 5.41) is 6.69. The van der Waals surface area contributed by atoms with E-state index in [4.69, 9.17) is 5.73 Å². The number of nitrogens with zero attached hydrogens (tertiary/aromatic N) is 3. The molecule has 0 saturated carbocycles. The van der Waals surface area contributed by atoms with Crippen molar-refractivity contribution in [3.8, 4) is 0 Å². The zero-order valence-corrected chi connectivity index (χ0v) is 11.1. The molecule has 0 saturated heterocycles. The van der Waals surface area contributed by atoms with E-state index in [-0.39, 0.29) is 18.4 Å². The van der Waals surface area contributed by atoms with Crippen molar-refractivity contribution in [3.05, 3.63) is 27.7 Å². The molecule has 2 aromatic rings. The van der Waals surface area contributed by atoms with Crippen molar-refractivity contribution in [2.24, 2.45) is 0 Å². The molecule has 0 aromatic carbocycles. The van der Waals surface area contributed by atoms with Crippen LogP contribution >= 0.6 is 11.3 Å². The third-order valence-corrected chi connectivity index (χ3v) is 3.69. The average molecular weight is 265 g/mol. The molecule has 0 aliphatic heterocycles. The number of hydrogen-bond acceptors (Lipinski definition) is 5. The average Bonchev–Trinajstić information content (AvgIpc) is 2.84. The summed E-state index contributed by atoms with van der Waals surface area (Å²) in [6.07, 6.45) is 1.44. The van der Waals surface area contributed by atoms with Crippen molar-refractivity contribution in [1.29, 1.82) is 0 Å². The first-order valence-electron chi connectivity index (χ1n) is 5.52. The minimum Gasteiger partial charge on any atom is -0.367 e. The van der Waals surface area contributed by atoms with Crippen molar-refractivity contribution in [1.82, 2.24) is 20.1 Å². The molecule has 3 N–H and O–H groups in total. The summed E-state index contributed by atoms with van der Waals surface area (Å²) in [6, 6.07) is 2.09. The highest BCUT2D eigenvalue weighted by atomic mass is 32.1. The lowest BCUT2D eigenvalue weighted by molar-refractivity contribution is -0.122. The van der Waals surface area contributed by atoms with Crippen molar-refractivity contribution in [2.75, 3.05) is 5.73 Å². The number of nitrogens with one attached hydrogen (secondary N) is 1.